The Balaban J connectivity index is 2.28. The van der Waals surface area contributed by atoms with Crippen LogP contribution in [0, 0.1) is 6.92 Å². The maximum absolute atomic E-state index is 3.76. The van der Waals surface area contributed by atoms with E-state index in [-0.39, 0.29) is 0 Å². The van der Waals surface area contributed by atoms with Crippen LogP contribution in [0.3, 0.4) is 0 Å². The summed E-state index contributed by atoms with van der Waals surface area (Å²) < 4.78 is 0. The van der Waals surface area contributed by atoms with Gasteiger partial charge in [-0.05, 0) is 45.2 Å². The molecular formula is C17H27N. The first kappa shape index (κ1) is 15.0. The van der Waals surface area contributed by atoms with Crippen molar-refractivity contribution < 1.29 is 0 Å². The number of benzene rings is 1. The highest BCUT2D eigenvalue weighted by atomic mass is 14.9. The molecular weight excluding hydrogens is 218 g/mol. The van der Waals surface area contributed by atoms with Crippen molar-refractivity contribution in [1.29, 1.82) is 0 Å². The van der Waals surface area contributed by atoms with E-state index in [4.69, 9.17) is 0 Å². The predicted molar refractivity (Wildman–Crippen MR) is 81.0 cm³/mol. The molecule has 1 atom stereocenters. The van der Waals surface area contributed by atoms with E-state index < -0.39 is 0 Å². The van der Waals surface area contributed by atoms with Crippen LogP contribution >= 0.6 is 0 Å². The van der Waals surface area contributed by atoms with Crippen molar-refractivity contribution in [3.63, 3.8) is 0 Å². The van der Waals surface area contributed by atoms with E-state index in [9.17, 15) is 0 Å². The fourth-order valence-electron chi connectivity index (χ4n) is 2.21. The zero-order chi connectivity index (χ0) is 13.2. The fourth-order valence-corrected chi connectivity index (χ4v) is 2.21. The van der Waals surface area contributed by atoms with Crippen LogP contribution in [0.2, 0.25) is 0 Å². The third-order valence-electron chi connectivity index (χ3n) is 3.47. The number of hydrogen-bond acceptors (Lipinski definition) is 1. The number of nitrogens with one attached hydrogen (secondary N) is 1. The van der Waals surface area contributed by atoms with Crippen molar-refractivity contribution in [3.05, 3.63) is 48.0 Å². The Kier molecular flexibility index (Phi) is 7.43. The highest BCUT2D eigenvalue weighted by molar-refractivity contribution is 5.22. The van der Waals surface area contributed by atoms with E-state index >= 15 is 0 Å². The third kappa shape index (κ3) is 6.02. The molecule has 18 heavy (non-hydrogen) atoms. The second kappa shape index (κ2) is 8.93. The van der Waals surface area contributed by atoms with E-state index in [1.807, 2.05) is 6.08 Å². The largest absolute Gasteiger partial charge is 0.317 e. The van der Waals surface area contributed by atoms with Gasteiger partial charge >= 0.3 is 0 Å². The Labute approximate surface area is 112 Å². The van der Waals surface area contributed by atoms with Crippen LogP contribution < -0.4 is 5.32 Å². The highest BCUT2D eigenvalue weighted by Crippen LogP contribution is 2.11. The summed E-state index contributed by atoms with van der Waals surface area (Å²) in [6.07, 6.45) is 9.48. The summed E-state index contributed by atoms with van der Waals surface area (Å²) in [5.74, 6) is 0. The molecule has 1 aromatic rings. The zero-order valence-electron chi connectivity index (χ0n) is 11.9. The van der Waals surface area contributed by atoms with Crippen molar-refractivity contribution in [2.24, 2.45) is 0 Å². The minimum Gasteiger partial charge on any atom is -0.317 e. The van der Waals surface area contributed by atoms with E-state index in [1.165, 1.54) is 36.8 Å². The SMILES string of the molecule is C=CCCCCCC(Cc1ccc(C)cc1)NC. The molecule has 1 heteroatoms. The third-order valence-corrected chi connectivity index (χ3v) is 3.47. The van der Waals surface area contributed by atoms with Gasteiger partial charge in [0.2, 0.25) is 0 Å². The van der Waals surface area contributed by atoms with Crippen LogP contribution in [0.15, 0.2) is 36.9 Å². The Morgan fingerprint density at radius 1 is 1.17 bits per heavy atom. The van der Waals surface area contributed by atoms with E-state index in [0.717, 1.165) is 12.8 Å². The van der Waals surface area contributed by atoms with Gasteiger partial charge in [-0.1, -0.05) is 48.7 Å². The highest BCUT2D eigenvalue weighted by Gasteiger charge is 2.06. The van der Waals surface area contributed by atoms with Gasteiger partial charge in [-0.2, -0.15) is 0 Å². The lowest BCUT2D eigenvalue weighted by atomic mass is 9.99. The summed E-state index contributed by atoms with van der Waals surface area (Å²) in [6, 6.07) is 9.50. The van der Waals surface area contributed by atoms with Crippen LogP contribution in [-0.2, 0) is 6.42 Å². The zero-order valence-corrected chi connectivity index (χ0v) is 11.9. The molecule has 0 aliphatic heterocycles. The van der Waals surface area contributed by atoms with Crippen LogP contribution in [-0.4, -0.2) is 13.1 Å². The Hall–Kier alpha value is -1.08. The maximum atomic E-state index is 3.76. The molecule has 0 saturated heterocycles. The molecule has 0 heterocycles. The first-order valence-electron chi connectivity index (χ1n) is 7.10. The van der Waals surface area contributed by atoms with Crippen LogP contribution in [0.4, 0.5) is 0 Å². The van der Waals surface area contributed by atoms with Gasteiger partial charge in [0.05, 0.1) is 0 Å². The Morgan fingerprint density at radius 3 is 2.50 bits per heavy atom. The summed E-state index contributed by atoms with van der Waals surface area (Å²) >= 11 is 0. The average molecular weight is 245 g/mol. The Bertz CT molecular complexity index is 326. The number of hydrogen-bond donors (Lipinski definition) is 1. The molecule has 0 amide bonds. The van der Waals surface area contributed by atoms with Crippen LogP contribution in [0.25, 0.3) is 0 Å². The maximum Gasteiger partial charge on any atom is 0.0104 e. The lowest BCUT2D eigenvalue weighted by Crippen LogP contribution is -2.27. The molecule has 0 aromatic heterocycles. The molecule has 0 spiro atoms. The molecule has 0 fully saturated rings. The van der Waals surface area contributed by atoms with Crippen molar-refractivity contribution in [1.82, 2.24) is 5.32 Å². The van der Waals surface area contributed by atoms with Crippen molar-refractivity contribution in [3.8, 4) is 0 Å². The number of allylic oxidation sites excluding steroid dienone is 1. The van der Waals surface area contributed by atoms with Gasteiger partial charge in [-0.15, -0.1) is 6.58 Å². The molecule has 0 radical (unpaired) electrons. The number of likely N-dealkylation sites (N-methyl/N-ethyl adjacent to an activating group) is 1. The average Bonchev–Trinajstić information content (AvgIpc) is 2.39. The monoisotopic (exact) mass is 245 g/mol. The Morgan fingerprint density at radius 2 is 1.89 bits per heavy atom. The van der Waals surface area contributed by atoms with Gasteiger partial charge in [-0.25, -0.2) is 0 Å². The van der Waals surface area contributed by atoms with Crippen molar-refractivity contribution in [2.75, 3.05) is 7.05 Å². The molecule has 100 valence electrons. The minimum atomic E-state index is 0.608. The van der Waals surface area contributed by atoms with Crippen molar-refractivity contribution >= 4 is 0 Å². The van der Waals surface area contributed by atoms with Gasteiger partial charge in [0.1, 0.15) is 0 Å². The summed E-state index contributed by atoms with van der Waals surface area (Å²) in [7, 11) is 2.07. The lowest BCUT2D eigenvalue weighted by Gasteiger charge is -2.16. The predicted octanol–water partition coefficient (Wildman–Crippen LogP) is 4.26. The van der Waals surface area contributed by atoms with Gasteiger partial charge in [0.15, 0.2) is 0 Å². The van der Waals surface area contributed by atoms with Gasteiger partial charge in [-0.3, -0.25) is 0 Å². The molecule has 0 aliphatic rings. The molecule has 1 nitrogen and oxygen atoms in total. The molecule has 0 bridgehead atoms. The fraction of sp³-hybridized carbons (Fsp3) is 0.529. The van der Waals surface area contributed by atoms with Crippen LogP contribution in [0.5, 0.6) is 0 Å². The van der Waals surface area contributed by atoms with Gasteiger partial charge in [0.25, 0.3) is 0 Å². The summed E-state index contributed by atoms with van der Waals surface area (Å²) in [5, 5.41) is 3.44. The molecule has 0 aliphatic carbocycles. The molecule has 0 saturated carbocycles. The number of unbranched alkanes of at least 4 members (excludes halogenated alkanes) is 3. The van der Waals surface area contributed by atoms with E-state index in [0.29, 0.717) is 6.04 Å². The second-order valence-electron chi connectivity index (χ2n) is 5.10. The first-order valence-corrected chi connectivity index (χ1v) is 7.10. The van der Waals surface area contributed by atoms with Crippen LogP contribution in [0.1, 0.15) is 43.2 Å². The molecule has 1 N–H and O–H groups in total. The van der Waals surface area contributed by atoms with E-state index in [2.05, 4.69) is 50.1 Å². The summed E-state index contributed by atoms with van der Waals surface area (Å²) in [6.45, 7) is 5.90. The lowest BCUT2D eigenvalue weighted by molar-refractivity contribution is 0.487. The smallest absolute Gasteiger partial charge is 0.0104 e. The normalized spacial score (nSPS) is 12.3. The number of rotatable bonds is 9. The van der Waals surface area contributed by atoms with Gasteiger partial charge < -0.3 is 5.32 Å². The number of aryl methyl sites for hydroxylation is 1. The topological polar surface area (TPSA) is 12.0 Å². The minimum absolute atomic E-state index is 0.608. The van der Waals surface area contributed by atoms with E-state index in [1.54, 1.807) is 0 Å². The summed E-state index contributed by atoms with van der Waals surface area (Å²) in [5.41, 5.74) is 2.77. The summed E-state index contributed by atoms with van der Waals surface area (Å²) in [4.78, 5) is 0. The quantitative estimate of drug-likeness (QED) is 0.506. The molecule has 1 unspecified atom stereocenters. The molecule has 1 aromatic carbocycles. The van der Waals surface area contributed by atoms with Gasteiger partial charge in [0, 0.05) is 6.04 Å². The standard InChI is InChI=1S/C17H27N/c1-4-5-6-7-8-9-17(18-3)14-16-12-10-15(2)11-13-16/h4,10-13,17-18H,1,5-9,14H2,2-3H3. The molecule has 1 rings (SSSR count). The van der Waals surface area contributed by atoms with Crippen molar-refractivity contribution in [2.45, 2.75) is 51.5 Å². The first-order chi connectivity index (χ1) is 8.76. The second-order valence-corrected chi connectivity index (χ2v) is 5.10.